The van der Waals surface area contributed by atoms with Crippen molar-refractivity contribution in [3.8, 4) is 0 Å². The molecule has 3 aromatic rings. The SMILES string of the molecule is Cc1cccc2cc(C(O)c3ccc(I)c(Cl)c3)oc12. The predicted octanol–water partition coefficient (Wildman–Crippen LogP) is 5.08. The summed E-state index contributed by atoms with van der Waals surface area (Å²) in [6.07, 6.45) is -0.809. The van der Waals surface area contributed by atoms with E-state index in [1.54, 1.807) is 6.07 Å². The van der Waals surface area contributed by atoms with E-state index in [4.69, 9.17) is 16.0 Å². The molecule has 2 nitrogen and oxygen atoms in total. The summed E-state index contributed by atoms with van der Waals surface area (Å²) in [6.45, 7) is 1.99. The molecule has 1 heterocycles. The molecular weight excluding hydrogens is 387 g/mol. The van der Waals surface area contributed by atoms with Gasteiger partial charge in [0.25, 0.3) is 0 Å². The van der Waals surface area contributed by atoms with Crippen LogP contribution in [-0.2, 0) is 0 Å². The minimum atomic E-state index is -0.809. The van der Waals surface area contributed by atoms with E-state index in [1.165, 1.54) is 0 Å². The quantitative estimate of drug-likeness (QED) is 0.611. The van der Waals surface area contributed by atoms with E-state index in [9.17, 15) is 5.11 Å². The Bertz CT molecular complexity index is 779. The van der Waals surface area contributed by atoms with Crippen LogP contribution in [-0.4, -0.2) is 5.11 Å². The second-order valence-corrected chi connectivity index (χ2v) is 6.29. The third kappa shape index (κ3) is 2.45. The van der Waals surface area contributed by atoms with E-state index in [0.29, 0.717) is 10.8 Å². The smallest absolute Gasteiger partial charge is 0.138 e. The zero-order chi connectivity index (χ0) is 14.3. The average Bonchev–Trinajstić information content (AvgIpc) is 2.86. The monoisotopic (exact) mass is 398 g/mol. The lowest BCUT2D eigenvalue weighted by Crippen LogP contribution is -1.98. The Labute approximate surface area is 135 Å². The van der Waals surface area contributed by atoms with Crippen molar-refractivity contribution >= 4 is 45.2 Å². The molecule has 1 atom stereocenters. The molecule has 0 radical (unpaired) electrons. The highest BCUT2D eigenvalue weighted by Crippen LogP contribution is 2.31. The van der Waals surface area contributed by atoms with Gasteiger partial charge in [-0.3, -0.25) is 0 Å². The zero-order valence-electron chi connectivity index (χ0n) is 10.7. The molecule has 3 rings (SSSR count). The maximum atomic E-state index is 10.4. The standard InChI is InChI=1S/C16H12ClIO2/c1-9-3-2-4-11-8-14(20-16(9)11)15(19)10-5-6-13(18)12(17)7-10/h2-8,15,19H,1H3. The van der Waals surface area contributed by atoms with E-state index in [0.717, 1.165) is 25.7 Å². The summed E-state index contributed by atoms with van der Waals surface area (Å²) in [7, 11) is 0. The van der Waals surface area contributed by atoms with Crippen molar-refractivity contribution < 1.29 is 9.52 Å². The van der Waals surface area contributed by atoms with Crippen molar-refractivity contribution in [1.29, 1.82) is 0 Å². The Balaban J connectivity index is 2.05. The topological polar surface area (TPSA) is 33.4 Å². The highest BCUT2D eigenvalue weighted by atomic mass is 127. The van der Waals surface area contributed by atoms with Crippen molar-refractivity contribution in [3.63, 3.8) is 0 Å². The highest BCUT2D eigenvalue weighted by molar-refractivity contribution is 14.1. The molecule has 102 valence electrons. The number of para-hydroxylation sites is 1. The molecule has 1 N–H and O–H groups in total. The van der Waals surface area contributed by atoms with Crippen molar-refractivity contribution in [2.24, 2.45) is 0 Å². The van der Waals surface area contributed by atoms with Crippen molar-refractivity contribution in [3.05, 3.63) is 67.9 Å². The van der Waals surface area contributed by atoms with Crippen LogP contribution in [0.2, 0.25) is 5.02 Å². The summed E-state index contributed by atoms with van der Waals surface area (Å²) >= 11 is 8.26. The molecule has 0 saturated carbocycles. The Kier molecular flexibility index (Phi) is 3.75. The number of benzene rings is 2. The fraction of sp³-hybridized carbons (Fsp3) is 0.125. The lowest BCUT2D eigenvalue weighted by molar-refractivity contribution is 0.192. The minimum Gasteiger partial charge on any atom is -0.458 e. The fourth-order valence-corrected chi connectivity index (χ4v) is 2.73. The molecule has 1 aromatic heterocycles. The molecule has 2 aromatic carbocycles. The lowest BCUT2D eigenvalue weighted by Gasteiger charge is -2.09. The molecule has 20 heavy (non-hydrogen) atoms. The number of rotatable bonds is 2. The van der Waals surface area contributed by atoms with Gasteiger partial charge < -0.3 is 9.52 Å². The molecule has 0 amide bonds. The van der Waals surface area contributed by atoms with E-state index < -0.39 is 6.10 Å². The van der Waals surface area contributed by atoms with Crippen LogP contribution in [0.3, 0.4) is 0 Å². The van der Waals surface area contributed by atoms with Gasteiger partial charge in [-0.25, -0.2) is 0 Å². The first-order chi connectivity index (χ1) is 9.56. The number of aliphatic hydroxyl groups is 1. The Hall–Kier alpha value is -1.04. The van der Waals surface area contributed by atoms with Crippen LogP contribution in [0.1, 0.15) is 23.0 Å². The van der Waals surface area contributed by atoms with E-state index >= 15 is 0 Å². The summed E-state index contributed by atoms with van der Waals surface area (Å²) in [4.78, 5) is 0. The lowest BCUT2D eigenvalue weighted by atomic mass is 10.1. The fourth-order valence-electron chi connectivity index (χ4n) is 2.21. The molecule has 0 aliphatic carbocycles. The number of aliphatic hydroxyl groups excluding tert-OH is 1. The van der Waals surface area contributed by atoms with Crippen molar-refractivity contribution in [2.75, 3.05) is 0 Å². The van der Waals surface area contributed by atoms with Gasteiger partial charge in [-0.05, 0) is 58.8 Å². The van der Waals surface area contributed by atoms with Crippen LogP contribution in [0.4, 0.5) is 0 Å². The molecule has 0 saturated heterocycles. The van der Waals surface area contributed by atoms with Crippen LogP contribution in [0, 0.1) is 10.5 Å². The molecule has 0 spiro atoms. The van der Waals surface area contributed by atoms with Gasteiger partial charge in [-0.2, -0.15) is 0 Å². The summed E-state index contributed by atoms with van der Waals surface area (Å²) in [6, 6.07) is 13.3. The van der Waals surface area contributed by atoms with Crippen molar-refractivity contribution in [2.45, 2.75) is 13.0 Å². The van der Waals surface area contributed by atoms with Gasteiger partial charge in [0.05, 0.1) is 5.02 Å². The second-order valence-electron chi connectivity index (χ2n) is 4.72. The van der Waals surface area contributed by atoms with Crippen LogP contribution >= 0.6 is 34.2 Å². The molecule has 0 fully saturated rings. The maximum absolute atomic E-state index is 10.4. The minimum absolute atomic E-state index is 0.534. The first kappa shape index (κ1) is 13.9. The Morgan fingerprint density at radius 1 is 1.20 bits per heavy atom. The molecular formula is C16H12ClIO2. The number of aryl methyl sites for hydroxylation is 1. The van der Waals surface area contributed by atoms with Crippen LogP contribution in [0.25, 0.3) is 11.0 Å². The van der Waals surface area contributed by atoms with Crippen LogP contribution < -0.4 is 0 Å². The number of halogens is 2. The van der Waals surface area contributed by atoms with E-state index in [2.05, 4.69) is 22.6 Å². The van der Waals surface area contributed by atoms with E-state index in [-0.39, 0.29) is 0 Å². The Morgan fingerprint density at radius 2 is 2.00 bits per heavy atom. The summed E-state index contributed by atoms with van der Waals surface area (Å²) < 4.78 is 6.75. The molecule has 0 aliphatic heterocycles. The largest absolute Gasteiger partial charge is 0.458 e. The van der Waals surface area contributed by atoms with Gasteiger partial charge in [-0.15, -0.1) is 0 Å². The number of furan rings is 1. The van der Waals surface area contributed by atoms with Gasteiger partial charge >= 0.3 is 0 Å². The average molecular weight is 399 g/mol. The highest BCUT2D eigenvalue weighted by Gasteiger charge is 2.17. The molecule has 0 aliphatic rings. The first-order valence-corrected chi connectivity index (χ1v) is 7.64. The first-order valence-electron chi connectivity index (χ1n) is 6.18. The maximum Gasteiger partial charge on any atom is 0.138 e. The van der Waals surface area contributed by atoms with Gasteiger partial charge in [0, 0.05) is 8.96 Å². The molecule has 4 heteroatoms. The van der Waals surface area contributed by atoms with Crippen molar-refractivity contribution in [1.82, 2.24) is 0 Å². The summed E-state index contributed by atoms with van der Waals surface area (Å²) in [5.41, 5.74) is 2.60. The zero-order valence-corrected chi connectivity index (χ0v) is 13.6. The second kappa shape index (κ2) is 5.39. The predicted molar refractivity (Wildman–Crippen MR) is 89.2 cm³/mol. The third-order valence-electron chi connectivity index (χ3n) is 3.29. The van der Waals surface area contributed by atoms with E-state index in [1.807, 2.05) is 43.3 Å². The number of fused-ring (bicyclic) bond motifs is 1. The number of hydrogen-bond acceptors (Lipinski definition) is 2. The van der Waals surface area contributed by atoms with Gasteiger partial charge in [0.1, 0.15) is 17.4 Å². The van der Waals surface area contributed by atoms with Crippen LogP contribution in [0.15, 0.2) is 46.9 Å². The summed E-state index contributed by atoms with van der Waals surface area (Å²) in [5.74, 6) is 0.534. The van der Waals surface area contributed by atoms with Gasteiger partial charge in [0.15, 0.2) is 0 Å². The molecule has 0 bridgehead atoms. The van der Waals surface area contributed by atoms with Crippen LogP contribution in [0.5, 0.6) is 0 Å². The third-order valence-corrected chi connectivity index (χ3v) is 4.86. The normalized spacial score (nSPS) is 12.8. The number of hydrogen-bond donors (Lipinski definition) is 1. The summed E-state index contributed by atoms with van der Waals surface area (Å²) in [5, 5.41) is 12.1. The molecule has 1 unspecified atom stereocenters. The Morgan fingerprint density at radius 3 is 2.70 bits per heavy atom. The van der Waals surface area contributed by atoms with Gasteiger partial charge in [0.2, 0.25) is 0 Å². The van der Waals surface area contributed by atoms with Gasteiger partial charge in [-0.1, -0.05) is 35.9 Å².